The summed E-state index contributed by atoms with van der Waals surface area (Å²) < 4.78 is 0. The van der Waals surface area contributed by atoms with E-state index < -0.39 is 0 Å². The molecule has 0 saturated carbocycles. The molecule has 0 saturated heterocycles. The van der Waals surface area contributed by atoms with Crippen molar-refractivity contribution < 1.29 is 10.2 Å². The zero-order valence-electron chi connectivity index (χ0n) is 7.01. The van der Waals surface area contributed by atoms with Crippen LogP contribution in [0.3, 0.4) is 0 Å². The van der Waals surface area contributed by atoms with Crippen LogP contribution in [0.25, 0.3) is 0 Å². The highest BCUT2D eigenvalue weighted by atomic mass is 16.3. The molecule has 0 aliphatic heterocycles. The highest BCUT2D eigenvalue weighted by Gasteiger charge is 1.95. The molecule has 4 heteroatoms. The summed E-state index contributed by atoms with van der Waals surface area (Å²) in [5.74, 6) is 0.00831. The van der Waals surface area contributed by atoms with Gasteiger partial charge in [0, 0.05) is 0 Å². The summed E-state index contributed by atoms with van der Waals surface area (Å²) in [6.07, 6.45) is 0. The predicted octanol–water partition coefficient (Wildman–Crippen LogP) is 2.55. The number of azo groups is 1. The highest BCUT2D eigenvalue weighted by Crippen LogP contribution is 2.24. The van der Waals surface area contributed by atoms with Crippen LogP contribution < -0.4 is 0 Å². The lowest BCUT2D eigenvalue weighted by atomic mass is 10.3. The highest BCUT2D eigenvalue weighted by molar-refractivity contribution is 5.49. The molecule has 1 aromatic rings. The Hall–Kier alpha value is -1.84. The van der Waals surface area contributed by atoms with E-state index in [0.717, 1.165) is 0 Å². The third-order valence-corrected chi connectivity index (χ3v) is 1.31. The molecule has 0 aromatic heterocycles. The number of phenols is 1. The lowest BCUT2D eigenvalue weighted by molar-refractivity contribution is 0.404. The standard InChI is InChI=1S/C9H10N2O2/c1-7(12)6-10-11-8-4-2-3-5-9(8)13/h2-5,12-13H,1,6H2. The summed E-state index contributed by atoms with van der Waals surface area (Å²) in [5.41, 5.74) is 0.378. The second-order valence-corrected chi connectivity index (χ2v) is 2.45. The molecular weight excluding hydrogens is 168 g/mol. The molecular formula is C9H10N2O2. The molecule has 0 fully saturated rings. The van der Waals surface area contributed by atoms with E-state index in [9.17, 15) is 5.11 Å². The van der Waals surface area contributed by atoms with Crippen molar-refractivity contribution in [3.8, 4) is 5.75 Å². The minimum Gasteiger partial charge on any atom is -0.511 e. The first-order valence-corrected chi connectivity index (χ1v) is 3.72. The van der Waals surface area contributed by atoms with Crippen molar-refractivity contribution in [3.63, 3.8) is 0 Å². The summed E-state index contributed by atoms with van der Waals surface area (Å²) >= 11 is 0. The summed E-state index contributed by atoms with van der Waals surface area (Å²) in [6.45, 7) is 3.30. The van der Waals surface area contributed by atoms with Crippen molar-refractivity contribution in [2.24, 2.45) is 10.2 Å². The number of rotatable bonds is 3. The number of para-hydroxylation sites is 1. The van der Waals surface area contributed by atoms with E-state index in [1.165, 1.54) is 6.07 Å². The Labute approximate surface area is 75.9 Å². The molecule has 0 aliphatic rings. The lowest BCUT2D eigenvalue weighted by Crippen LogP contribution is -1.80. The van der Waals surface area contributed by atoms with Gasteiger partial charge < -0.3 is 10.2 Å². The Kier molecular flexibility index (Phi) is 3.03. The van der Waals surface area contributed by atoms with Gasteiger partial charge in [0.15, 0.2) is 0 Å². The van der Waals surface area contributed by atoms with Crippen LogP contribution in [0.4, 0.5) is 5.69 Å². The Morgan fingerprint density at radius 2 is 2.08 bits per heavy atom. The molecule has 1 aromatic carbocycles. The maximum absolute atomic E-state index is 9.24. The fourth-order valence-electron chi connectivity index (χ4n) is 0.742. The van der Waals surface area contributed by atoms with Gasteiger partial charge in [-0.3, -0.25) is 0 Å². The van der Waals surface area contributed by atoms with E-state index in [4.69, 9.17) is 5.11 Å². The number of aliphatic hydroxyl groups excluding tert-OH is 1. The number of hydrogen-bond acceptors (Lipinski definition) is 4. The third-order valence-electron chi connectivity index (χ3n) is 1.31. The molecule has 0 atom stereocenters. The van der Waals surface area contributed by atoms with Crippen molar-refractivity contribution in [3.05, 3.63) is 36.6 Å². The van der Waals surface area contributed by atoms with Crippen molar-refractivity contribution in [2.75, 3.05) is 6.54 Å². The van der Waals surface area contributed by atoms with Crippen molar-refractivity contribution in [1.82, 2.24) is 0 Å². The maximum atomic E-state index is 9.24. The largest absolute Gasteiger partial charge is 0.511 e. The average Bonchev–Trinajstić information content (AvgIpc) is 2.08. The third kappa shape index (κ3) is 2.94. The fourth-order valence-corrected chi connectivity index (χ4v) is 0.742. The summed E-state index contributed by atoms with van der Waals surface area (Å²) in [6, 6.07) is 6.57. The predicted molar refractivity (Wildman–Crippen MR) is 49.3 cm³/mol. The fraction of sp³-hybridized carbons (Fsp3) is 0.111. The van der Waals surface area contributed by atoms with E-state index in [1.54, 1.807) is 18.2 Å². The second kappa shape index (κ2) is 4.25. The molecule has 2 N–H and O–H groups in total. The molecule has 0 amide bonds. The van der Waals surface area contributed by atoms with Gasteiger partial charge >= 0.3 is 0 Å². The molecule has 0 bridgehead atoms. The van der Waals surface area contributed by atoms with Crippen molar-refractivity contribution in [1.29, 1.82) is 0 Å². The van der Waals surface area contributed by atoms with E-state index in [1.807, 2.05) is 0 Å². The SMILES string of the molecule is C=C(O)CN=Nc1ccccc1O. The van der Waals surface area contributed by atoms with Crippen LogP contribution in [0.15, 0.2) is 46.8 Å². The molecule has 13 heavy (non-hydrogen) atoms. The Bertz CT molecular complexity index is 334. The summed E-state index contributed by atoms with van der Waals surface area (Å²) in [7, 11) is 0. The first-order chi connectivity index (χ1) is 6.20. The lowest BCUT2D eigenvalue weighted by Gasteiger charge is -1.95. The number of hydrogen-bond donors (Lipinski definition) is 2. The van der Waals surface area contributed by atoms with Crippen LogP contribution >= 0.6 is 0 Å². The van der Waals surface area contributed by atoms with Gasteiger partial charge in [0.1, 0.15) is 23.7 Å². The van der Waals surface area contributed by atoms with Crippen molar-refractivity contribution in [2.45, 2.75) is 0 Å². The number of aliphatic hydroxyl groups is 1. The molecule has 0 heterocycles. The van der Waals surface area contributed by atoms with Crippen molar-refractivity contribution >= 4 is 5.69 Å². The Morgan fingerprint density at radius 1 is 1.38 bits per heavy atom. The van der Waals surface area contributed by atoms with Gasteiger partial charge in [-0.25, -0.2) is 0 Å². The average molecular weight is 178 g/mol. The van der Waals surface area contributed by atoms with Crippen LogP contribution in [0, 0.1) is 0 Å². The van der Waals surface area contributed by atoms with E-state index in [0.29, 0.717) is 5.69 Å². The van der Waals surface area contributed by atoms with Gasteiger partial charge in [-0.1, -0.05) is 18.7 Å². The number of nitrogens with zero attached hydrogens (tertiary/aromatic N) is 2. The zero-order chi connectivity index (χ0) is 9.68. The Morgan fingerprint density at radius 3 is 2.69 bits per heavy atom. The second-order valence-electron chi connectivity index (χ2n) is 2.45. The van der Waals surface area contributed by atoms with Gasteiger partial charge in [-0.15, -0.1) is 0 Å². The van der Waals surface area contributed by atoms with E-state index in [-0.39, 0.29) is 18.1 Å². The smallest absolute Gasteiger partial charge is 0.143 e. The normalized spacial score (nSPS) is 10.5. The van der Waals surface area contributed by atoms with Gasteiger partial charge in [-0.2, -0.15) is 10.2 Å². The minimum absolute atomic E-state index is 0.0499. The number of benzene rings is 1. The maximum Gasteiger partial charge on any atom is 0.143 e. The molecule has 0 unspecified atom stereocenters. The molecule has 1 rings (SSSR count). The molecule has 0 radical (unpaired) electrons. The molecule has 4 nitrogen and oxygen atoms in total. The first kappa shape index (κ1) is 9.25. The van der Waals surface area contributed by atoms with Gasteiger partial charge in [0.2, 0.25) is 0 Å². The Balaban J connectivity index is 2.68. The van der Waals surface area contributed by atoms with Gasteiger partial charge in [0.05, 0.1) is 0 Å². The summed E-state index contributed by atoms with van der Waals surface area (Å²) in [4.78, 5) is 0. The molecule has 0 aliphatic carbocycles. The summed E-state index contributed by atoms with van der Waals surface area (Å²) in [5, 5.41) is 25.2. The number of aromatic hydroxyl groups is 1. The van der Waals surface area contributed by atoms with Gasteiger partial charge in [0.25, 0.3) is 0 Å². The minimum atomic E-state index is -0.0563. The van der Waals surface area contributed by atoms with Crippen LogP contribution in [0.5, 0.6) is 5.75 Å². The van der Waals surface area contributed by atoms with Crippen LogP contribution in [0.1, 0.15) is 0 Å². The quantitative estimate of drug-likeness (QED) is 0.551. The zero-order valence-corrected chi connectivity index (χ0v) is 7.01. The van der Waals surface area contributed by atoms with Crippen LogP contribution in [0.2, 0.25) is 0 Å². The van der Waals surface area contributed by atoms with Gasteiger partial charge in [-0.05, 0) is 12.1 Å². The topological polar surface area (TPSA) is 65.2 Å². The monoisotopic (exact) mass is 178 g/mol. The number of phenolic OH excluding ortho intramolecular Hbond substituents is 1. The first-order valence-electron chi connectivity index (χ1n) is 3.72. The van der Waals surface area contributed by atoms with Crippen LogP contribution in [-0.4, -0.2) is 16.8 Å². The van der Waals surface area contributed by atoms with E-state index in [2.05, 4.69) is 16.8 Å². The molecule has 0 spiro atoms. The molecule has 68 valence electrons. The van der Waals surface area contributed by atoms with E-state index >= 15 is 0 Å². The van der Waals surface area contributed by atoms with Crippen LogP contribution in [-0.2, 0) is 0 Å².